The molecule has 18 heavy (non-hydrogen) atoms. The Labute approximate surface area is 104 Å². The van der Waals surface area contributed by atoms with Crippen molar-refractivity contribution in [1.29, 1.82) is 5.26 Å². The van der Waals surface area contributed by atoms with E-state index in [1.807, 2.05) is 12.1 Å². The Morgan fingerprint density at radius 1 is 1.44 bits per heavy atom. The predicted octanol–water partition coefficient (Wildman–Crippen LogP) is 3.54. The molecule has 0 spiro atoms. The average Bonchev–Trinajstić information content (AvgIpc) is 3.13. The second kappa shape index (κ2) is 3.95. The van der Waals surface area contributed by atoms with Gasteiger partial charge in [-0.05, 0) is 37.3 Å². The van der Waals surface area contributed by atoms with E-state index in [0.717, 1.165) is 18.4 Å². The van der Waals surface area contributed by atoms with Crippen LogP contribution in [0.1, 0.15) is 35.6 Å². The van der Waals surface area contributed by atoms with E-state index >= 15 is 0 Å². The molecule has 3 nitrogen and oxygen atoms in total. The van der Waals surface area contributed by atoms with Gasteiger partial charge in [-0.1, -0.05) is 17.3 Å². The minimum atomic E-state index is -0.343. The van der Waals surface area contributed by atoms with Gasteiger partial charge in [0.2, 0.25) is 0 Å². The van der Waals surface area contributed by atoms with E-state index in [0.29, 0.717) is 28.5 Å². The van der Waals surface area contributed by atoms with Crippen LogP contribution < -0.4 is 0 Å². The maximum Gasteiger partial charge on any atom is 0.152 e. The molecule has 1 aromatic carbocycles. The molecule has 0 N–H and O–H groups in total. The fraction of sp³-hybridized carbons (Fsp3) is 0.286. The van der Waals surface area contributed by atoms with Gasteiger partial charge in [-0.3, -0.25) is 0 Å². The number of halogens is 1. The van der Waals surface area contributed by atoms with Gasteiger partial charge in [0.05, 0.1) is 0 Å². The molecule has 0 radical (unpaired) electrons. The SMILES string of the molecule is Cc1onc(-c2c(F)cccc2C2CC2)c1C#N. The van der Waals surface area contributed by atoms with Crippen molar-refractivity contribution in [3.05, 3.63) is 40.9 Å². The summed E-state index contributed by atoms with van der Waals surface area (Å²) in [6.07, 6.45) is 2.13. The molecule has 1 saturated carbocycles. The van der Waals surface area contributed by atoms with Gasteiger partial charge in [-0.2, -0.15) is 5.26 Å². The third-order valence-corrected chi connectivity index (χ3v) is 3.27. The van der Waals surface area contributed by atoms with Crippen molar-refractivity contribution in [2.24, 2.45) is 0 Å². The van der Waals surface area contributed by atoms with E-state index in [-0.39, 0.29) is 5.82 Å². The van der Waals surface area contributed by atoms with Crippen molar-refractivity contribution in [2.75, 3.05) is 0 Å². The highest BCUT2D eigenvalue weighted by atomic mass is 19.1. The van der Waals surface area contributed by atoms with Crippen LogP contribution in [0.25, 0.3) is 11.3 Å². The lowest BCUT2D eigenvalue weighted by atomic mass is 9.97. The molecule has 2 aromatic rings. The van der Waals surface area contributed by atoms with Gasteiger partial charge in [0.1, 0.15) is 23.1 Å². The summed E-state index contributed by atoms with van der Waals surface area (Å²) in [6.45, 7) is 1.66. The van der Waals surface area contributed by atoms with E-state index in [2.05, 4.69) is 5.16 Å². The first-order valence-electron chi connectivity index (χ1n) is 5.87. The third kappa shape index (κ3) is 1.60. The highest BCUT2D eigenvalue weighted by Gasteiger charge is 2.30. The van der Waals surface area contributed by atoms with Crippen LogP contribution in [0.15, 0.2) is 22.7 Å². The van der Waals surface area contributed by atoms with E-state index in [1.165, 1.54) is 6.07 Å². The number of nitriles is 1. The van der Waals surface area contributed by atoms with Crippen LogP contribution >= 0.6 is 0 Å². The van der Waals surface area contributed by atoms with Gasteiger partial charge in [-0.15, -0.1) is 0 Å². The number of hydrogen-bond acceptors (Lipinski definition) is 3. The van der Waals surface area contributed by atoms with Crippen LogP contribution in [0.2, 0.25) is 0 Å². The molecule has 0 bridgehead atoms. The van der Waals surface area contributed by atoms with Crippen molar-refractivity contribution in [1.82, 2.24) is 5.16 Å². The summed E-state index contributed by atoms with van der Waals surface area (Å²) in [7, 11) is 0. The molecule has 1 aromatic heterocycles. The first-order chi connectivity index (χ1) is 8.72. The normalized spacial score (nSPS) is 14.5. The Morgan fingerprint density at radius 3 is 2.89 bits per heavy atom. The number of aromatic nitrogens is 1. The molecule has 90 valence electrons. The van der Waals surface area contributed by atoms with Crippen molar-refractivity contribution in [3.8, 4) is 17.3 Å². The minimum Gasteiger partial charge on any atom is -0.360 e. The fourth-order valence-corrected chi connectivity index (χ4v) is 2.20. The molecular formula is C14H11FN2O. The smallest absolute Gasteiger partial charge is 0.152 e. The van der Waals surface area contributed by atoms with E-state index in [1.54, 1.807) is 13.0 Å². The summed E-state index contributed by atoms with van der Waals surface area (Å²) in [5.41, 5.74) is 2.00. The molecule has 0 aliphatic heterocycles. The van der Waals surface area contributed by atoms with Gasteiger partial charge in [-0.25, -0.2) is 4.39 Å². The maximum atomic E-state index is 14.1. The lowest BCUT2D eigenvalue weighted by molar-refractivity contribution is 0.399. The van der Waals surface area contributed by atoms with Gasteiger partial charge < -0.3 is 4.52 Å². The number of benzene rings is 1. The van der Waals surface area contributed by atoms with Crippen LogP contribution in [0.3, 0.4) is 0 Å². The zero-order valence-corrected chi connectivity index (χ0v) is 9.90. The van der Waals surface area contributed by atoms with E-state index < -0.39 is 0 Å². The first-order valence-corrected chi connectivity index (χ1v) is 5.87. The average molecular weight is 242 g/mol. The van der Waals surface area contributed by atoms with E-state index in [9.17, 15) is 4.39 Å². The second-order valence-corrected chi connectivity index (χ2v) is 4.55. The molecule has 1 fully saturated rings. The van der Waals surface area contributed by atoms with Crippen molar-refractivity contribution in [2.45, 2.75) is 25.7 Å². The number of aryl methyl sites for hydroxylation is 1. The van der Waals surface area contributed by atoms with Crippen molar-refractivity contribution >= 4 is 0 Å². The lowest BCUT2D eigenvalue weighted by Crippen LogP contribution is -1.94. The number of rotatable bonds is 2. The first kappa shape index (κ1) is 11.0. The molecule has 1 aliphatic carbocycles. The highest BCUT2D eigenvalue weighted by Crippen LogP contribution is 2.45. The summed E-state index contributed by atoms with van der Waals surface area (Å²) >= 11 is 0. The molecule has 1 heterocycles. The van der Waals surface area contributed by atoms with Crippen LogP contribution in [-0.4, -0.2) is 5.16 Å². The minimum absolute atomic E-state index is 0.321. The zero-order valence-electron chi connectivity index (χ0n) is 9.90. The fourth-order valence-electron chi connectivity index (χ4n) is 2.20. The van der Waals surface area contributed by atoms with Crippen LogP contribution in [0, 0.1) is 24.1 Å². The van der Waals surface area contributed by atoms with E-state index in [4.69, 9.17) is 9.78 Å². The molecule has 0 unspecified atom stereocenters. The molecule has 3 rings (SSSR count). The van der Waals surface area contributed by atoms with Crippen LogP contribution in [0.4, 0.5) is 4.39 Å². The molecular weight excluding hydrogens is 231 g/mol. The second-order valence-electron chi connectivity index (χ2n) is 4.55. The van der Waals surface area contributed by atoms with Gasteiger partial charge >= 0.3 is 0 Å². The summed E-state index contributed by atoms with van der Waals surface area (Å²) < 4.78 is 19.1. The summed E-state index contributed by atoms with van der Waals surface area (Å²) in [5, 5.41) is 13.0. The van der Waals surface area contributed by atoms with Crippen molar-refractivity contribution < 1.29 is 8.91 Å². The Kier molecular flexibility index (Phi) is 2.41. The van der Waals surface area contributed by atoms with Gasteiger partial charge in [0.25, 0.3) is 0 Å². The van der Waals surface area contributed by atoms with Crippen LogP contribution in [-0.2, 0) is 0 Å². The molecule has 4 heteroatoms. The largest absolute Gasteiger partial charge is 0.360 e. The topological polar surface area (TPSA) is 49.8 Å². The quantitative estimate of drug-likeness (QED) is 0.809. The monoisotopic (exact) mass is 242 g/mol. The third-order valence-electron chi connectivity index (χ3n) is 3.27. The maximum absolute atomic E-state index is 14.1. The highest BCUT2D eigenvalue weighted by molar-refractivity contribution is 5.71. The lowest BCUT2D eigenvalue weighted by Gasteiger charge is -2.07. The summed E-state index contributed by atoms with van der Waals surface area (Å²) in [5.74, 6) is 0.473. The molecule has 0 amide bonds. The van der Waals surface area contributed by atoms with Crippen LogP contribution in [0.5, 0.6) is 0 Å². The molecule has 0 saturated heterocycles. The Morgan fingerprint density at radius 2 is 2.22 bits per heavy atom. The summed E-state index contributed by atoms with van der Waals surface area (Å²) in [6, 6.07) is 7.03. The van der Waals surface area contributed by atoms with Gasteiger partial charge in [0.15, 0.2) is 5.76 Å². The molecule has 0 atom stereocenters. The zero-order chi connectivity index (χ0) is 12.7. The number of nitrogens with zero attached hydrogens (tertiary/aromatic N) is 2. The van der Waals surface area contributed by atoms with Gasteiger partial charge in [0, 0.05) is 5.56 Å². The van der Waals surface area contributed by atoms with Crippen molar-refractivity contribution in [3.63, 3.8) is 0 Å². The number of hydrogen-bond donors (Lipinski definition) is 0. The Balaban J connectivity index is 2.25. The Hall–Kier alpha value is -2.15. The standard InChI is InChI=1S/C14H11FN2O/c1-8-11(7-16)14(17-18-8)13-10(9-5-6-9)3-2-4-12(13)15/h2-4,9H,5-6H2,1H3. The summed E-state index contributed by atoms with van der Waals surface area (Å²) in [4.78, 5) is 0. The molecule has 1 aliphatic rings. The Bertz CT molecular complexity index is 650. The predicted molar refractivity (Wildman–Crippen MR) is 63.3 cm³/mol.